The van der Waals surface area contributed by atoms with Crippen molar-refractivity contribution in [3.63, 3.8) is 0 Å². The van der Waals surface area contributed by atoms with Gasteiger partial charge in [0.1, 0.15) is 11.6 Å². The number of aromatic nitrogens is 2. The number of hydrogen-bond donors (Lipinski definition) is 1. The van der Waals surface area contributed by atoms with Crippen LogP contribution in [0.1, 0.15) is 5.76 Å². The van der Waals surface area contributed by atoms with Gasteiger partial charge < -0.3 is 15.1 Å². The molecule has 2 heterocycles. The lowest BCUT2D eigenvalue weighted by Gasteiger charge is -2.09. The molecule has 0 amide bonds. The second kappa shape index (κ2) is 4.63. The molecule has 17 heavy (non-hydrogen) atoms. The number of aryl methyl sites for hydroxylation is 1. The Balaban J connectivity index is 2.22. The molecule has 5 heteroatoms. The zero-order chi connectivity index (χ0) is 12.4. The maximum absolute atomic E-state index is 5.94. The van der Waals surface area contributed by atoms with Crippen LogP contribution in [0.3, 0.4) is 0 Å². The Bertz CT molecular complexity index is 498. The van der Waals surface area contributed by atoms with E-state index in [1.165, 1.54) is 0 Å². The highest BCUT2D eigenvalue weighted by molar-refractivity contribution is 5.63. The van der Waals surface area contributed by atoms with E-state index in [0.717, 1.165) is 30.1 Å². The van der Waals surface area contributed by atoms with E-state index in [-0.39, 0.29) is 0 Å². The van der Waals surface area contributed by atoms with Crippen molar-refractivity contribution < 1.29 is 4.42 Å². The highest BCUT2D eigenvalue weighted by Gasteiger charge is 2.11. The third kappa shape index (κ3) is 2.50. The lowest BCUT2D eigenvalue weighted by atomic mass is 10.2. The highest BCUT2D eigenvalue weighted by atomic mass is 16.3. The molecule has 0 unspecified atom stereocenters. The predicted octanol–water partition coefficient (Wildman–Crippen LogP) is 1.60. The van der Waals surface area contributed by atoms with Crippen molar-refractivity contribution in [2.45, 2.75) is 13.5 Å². The number of likely N-dealkylation sites (N-methyl/N-ethyl adjacent to an activating group) is 1. The summed E-state index contributed by atoms with van der Waals surface area (Å²) in [6, 6.07) is 3.79. The van der Waals surface area contributed by atoms with Gasteiger partial charge in [0.2, 0.25) is 0 Å². The van der Waals surface area contributed by atoms with Crippen LogP contribution in [0.4, 0.5) is 5.82 Å². The first-order valence-corrected chi connectivity index (χ1v) is 5.60. The van der Waals surface area contributed by atoms with E-state index < -0.39 is 0 Å². The molecule has 2 aromatic heterocycles. The smallest absolute Gasteiger partial charge is 0.122 e. The number of anilines is 1. The second-order valence-corrected chi connectivity index (χ2v) is 4.37. The fourth-order valence-electron chi connectivity index (χ4n) is 1.69. The van der Waals surface area contributed by atoms with Crippen molar-refractivity contribution in [2.24, 2.45) is 0 Å². The summed E-state index contributed by atoms with van der Waals surface area (Å²) < 4.78 is 7.09. The number of nitrogens with two attached hydrogens (primary N) is 1. The number of nitrogens with zero attached hydrogens (tertiary/aromatic N) is 3. The average Bonchev–Trinajstić information content (AvgIpc) is 2.82. The van der Waals surface area contributed by atoms with E-state index in [0.29, 0.717) is 5.82 Å². The molecule has 0 saturated carbocycles. The normalized spacial score (nSPS) is 11.3. The second-order valence-electron chi connectivity index (χ2n) is 4.37. The number of hydrogen-bond acceptors (Lipinski definition) is 4. The third-order valence-electron chi connectivity index (χ3n) is 2.70. The maximum atomic E-state index is 5.94. The van der Waals surface area contributed by atoms with Gasteiger partial charge in [0.05, 0.1) is 18.5 Å². The molecule has 0 aliphatic carbocycles. The average molecular weight is 234 g/mol. The van der Waals surface area contributed by atoms with Gasteiger partial charge in [0.25, 0.3) is 0 Å². The maximum Gasteiger partial charge on any atom is 0.122 e. The lowest BCUT2D eigenvalue weighted by molar-refractivity contribution is 0.375. The largest absolute Gasteiger partial charge is 0.469 e. The van der Waals surface area contributed by atoms with Crippen molar-refractivity contribution in [1.29, 1.82) is 0 Å². The summed E-state index contributed by atoms with van der Waals surface area (Å²) in [7, 11) is 4.06. The van der Waals surface area contributed by atoms with E-state index in [1.54, 1.807) is 6.26 Å². The molecule has 0 radical (unpaired) electrons. The minimum absolute atomic E-state index is 0.683. The molecule has 0 aromatic carbocycles. The van der Waals surface area contributed by atoms with Gasteiger partial charge >= 0.3 is 0 Å². The molecule has 0 saturated heterocycles. The van der Waals surface area contributed by atoms with Crippen molar-refractivity contribution in [3.05, 3.63) is 24.2 Å². The van der Waals surface area contributed by atoms with E-state index in [1.807, 2.05) is 37.8 Å². The molecule has 92 valence electrons. The van der Waals surface area contributed by atoms with Crippen molar-refractivity contribution in [3.8, 4) is 11.3 Å². The zero-order valence-electron chi connectivity index (χ0n) is 10.5. The summed E-state index contributed by atoms with van der Waals surface area (Å²) in [6.45, 7) is 3.62. The van der Waals surface area contributed by atoms with Gasteiger partial charge in [-0.15, -0.1) is 0 Å². The molecular formula is C12H18N4O. The van der Waals surface area contributed by atoms with Crippen molar-refractivity contribution >= 4 is 5.82 Å². The van der Waals surface area contributed by atoms with Gasteiger partial charge in [-0.25, -0.2) is 4.68 Å². The van der Waals surface area contributed by atoms with Gasteiger partial charge in [-0.1, -0.05) is 0 Å². The summed E-state index contributed by atoms with van der Waals surface area (Å²) in [5, 5.41) is 4.49. The number of furan rings is 1. The molecule has 2 rings (SSSR count). The monoisotopic (exact) mass is 234 g/mol. The van der Waals surface area contributed by atoms with Gasteiger partial charge in [0, 0.05) is 18.2 Å². The molecule has 0 atom stereocenters. The van der Waals surface area contributed by atoms with Crippen LogP contribution in [0.2, 0.25) is 0 Å². The standard InChI is InChI=1S/C12H18N4O/c1-9-10(4-7-17-9)11-8-12(13)16(14-11)6-5-15(2)3/h4,7-8H,5-6,13H2,1-3H3. The Morgan fingerprint density at radius 3 is 2.82 bits per heavy atom. The minimum Gasteiger partial charge on any atom is -0.469 e. The molecule has 5 nitrogen and oxygen atoms in total. The Hall–Kier alpha value is -1.75. The molecule has 0 bridgehead atoms. The summed E-state index contributed by atoms with van der Waals surface area (Å²) in [5.41, 5.74) is 7.80. The molecule has 2 N–H and O–H groups in total. The summed E-state index contributed by atoms with van der Waals surface area (Å²) >= 11 is 0. The first kappa shape index (κ1) is 11.7. The van der Waals surface area contributed by atoms with E-state index in [9.17, 15) is 0 Å². The summed E-state index contributed by atoms with van der Waals surface area (Å²) in [5.74, 6) is 1.55. The number of nitrogen functional groups attached to an aromatic ring is 1. The zero-order valence-corrected chi connectivity index (χ0v) is 10.5. The highest BCUT2D eigenvalue weighted by Crippen LogP contribution is 2.24. The molecule has 2 aromatic rings. The van der Waals surface area contributed by atoms with Crippen LogP contribution in [0.5, 0.6) is 0 Å². The first-order chi connectivity index (χ1) is 8.08. The molecule has 0 fully saturated rings. The van der Waals surface area contributed by atoms with E-state index >= 15 is 0 Å². The minimum atomic E-state index is 0.683. The van der Waals surface area contributed by atoms with Crippen molar-refractivity contribution in [2.75, 3.05) is 26.4 Å². The fourth-order valence-corrected chi connectivity index (χ4v) is 1.69. The SMILES string of the molecule is Cc1occc1-c1cc(N)n(CCN(C)C)n1. The van der Waals surface area contributed by atoms with Gasteiger partial charge in [-0.05, 0) is 27.1 Å². The van der Waals surface area contributed by atoms with Crippen LogP contribution < -0.4 is 5.73 Å². The van der Waals surface area contributed by atoms with Crippen molar-refractivity contribution in [1.82, 2.24) is 14.7 Å². The Morgan fingerprint density at radius 1 is 1.47 bits per heavy atom. The Morgan fingerprint density at radius 2 is 2.24 bits per heavy atom. The Labute approximate surface area is 101 Å². The summed E-state index contributed by atoms with van der Waals surface area (Å²) in [4.78, 5) is 2.10. The molecule has 0 aliphatic rings. The summed E-state index contributed by atoms with van der Waals surface area (Å²) in [6.07, 6.45) is 1.67. The molecule has 0 spiro atoms. The quantitative estimate of drug-likeness (QED) is 0.872. The van der Waals surface area contributed by atoms with E-state index in [2.05, 4.69) is 10.00 Å². The van der Waals surface area contributed by atoms with Crippen LogP contribution >= 0.6 is 0 Å². The van der Waals surface area contributed by atoms with Gasteiger partial charge in [-0.2, -0.15) is 5.10 Å². The van der Waals surface area contributed by atoms with Crippen LogP contribution in [-0.2, 0) is 6.54 Å². The van der Waals surface area contributed by atoms with Gasteiger partial charge in [-0.3, -0.25) is 0 Å². The predicted molar refractivity (Wildman–Crippen MR) is 67.6 cm³/mol. The lowest BCUT2D eigenvalue weighted by Crippen LogP contribution is -2.19. The molecular weight excluding hydrogens is 216 g/mol. The van der Waals surface area contributed by atoms with E-state index in [4.69, 9.17) is 10.2 Å². The topological polar surface area (TPSA) is 60.2 Å². The van der Waals surface area contributed by atoms with Crippen LogP contribution in [0.15, 0.2) is 22.8 Å². The van der Waals surface area contributed by atoms with Gasteiger partial charge in [0.15, 0.2) is 0 Å². The van der Waals surface area contributed by atoms with Crippen LogP contribution in [0.25, 0.3) is 11.3 Å². The number of rotatable bonds is 4. The third-order valence-corrected chi connectivity index (χ3v) is 2.70. The van der Waals surface area contributed by atoms with Crippen LogP contribution in [0, 0.1) is 6.92 Å². The fraction of sp³-hybridized carbons (Fsp3) is 0.417. The Kier molecular flexibility index (Phi) is 3.19. The first-order valence-electron chi connectivity index (χ1n) is 5.60. The van der Waals surface area contributed by atoms with Crippen LogP contribution in [-0.4, -0.2) is 35.3 Å². The molecule has 0 aliphatic heterocycles.